The van der Waals surface area contributed by atoms with E-state index in [1.807, 2.05) is 18.7 Å². The third-order valence-corrected chi connectivity index (χ3v) is 5.23. The summed E-state index contributed by atoms with van der Waals surface area (Å²) in [5.41, 5.74) is 0.771. The van der Waals surface area contributed by atoms with E-state index in [1.54, 1.807) is 13.1 Å². The number of hydrogen-bond acceptors (Lipinski definition) is 2. The van der Waals surface area contributed by atoms with Crippen molar-refractivity contribution in [1.82, 2.24) is 10.6 Å². The predicted octanol–water partition coefficient (Wildman–Crippen LogP) is 3.75. The maximum absolute atomic E-state index is 13.3. The van der Waals surface area contributed by atoms with Crippen LogP contribution >= 0.6 is 35.7 Å². The van der Waals surface area contributed by atoms with Gasteiger partial charge in [-0.2, -0.15) is 11.8 Å². The van der Waals surface area contributed by atoms with Crippen LogP contribution < -0.4 is 10.6 Å². The molecule has 0 bridgehead atoms. The quantitative estimate of drug-likeness (QED) is 0.404. The molecule has 0 saturated carbocycles. The predicted molar refractivity (Wildman–Crippen MR) is 105 cm³/mol. The third kappa shape index (κ3) is 6.45. The highest BCUT2D eigenvalue weighted by Gasteiger charge is 2.16. The van der Waals surface area contributed by atoms with E-state index < -0.39 is 11.6 Å². The minimum Gasteiger partial charge on any atom is -0.356 e. The van der Waals surface area contributed by atoms with Crippen molar-refractivity contribution in [1.29, 1.82) is 0 Å². The summed E-state index contributed by atoms with van der Waals surface area (Å²) in [4.78, 5) is 4.20. The molecule has 1 saturated heterocycles. The standard InChI is InChI=1S/C16H23F2N3S.HI/c1-11(12-5-6-14(17)15(18)8-12)9-20-16(19-2)21-10-13-4-3-7-22-13;/h5-6,8,11,13H,3-4,7,9-10H2,1-2H3,(H2,19,20,21);1H. The van der Waals surface area contributed by atoms with Crippen LogP contribution in [0.25, 0.3) is 0 Å². The van der Waals surface area contributed by atoms with Gasteiger partial charge in [0.05, 0.1) is 0 Å². The first-order valence-corrected chi connectivity index (χ1v) is 8.66. The molecule has 23 heavy (non-hydrogen) atoms. The van der Waals surface area contributed by atoms with Gasteiger partial charge in [0.1, 0.15) is 0 Å². The molecule has 0 amide bonds. The van der Waals surface area contributed by atoms with Gasteiger partial charge in [-0.3, -0.25) is 4.99 Å². The van der Waals surface area contributed by atoms with Crippen molar-refractivity contribution in [2.75, 3.05) is 25.9 Å². The average molecular weight is 455 g/mol. The lowest BCUT2D eigenvalue weighted by Gasteiger charge is -2.18. The highest BCUT2D eigenvalue weighted by atomic mass is 127. The Labute approximate surface area is 158 Å². The number of halogens is 3. The maximum Gasteiger partial charge on any atom is 0.191 e. The molecule has 7 heteroatoms. The molecule has 0 aromatic heterocycles. The minimum absolute atomic E-state index is 0. The summed E-state index contributed by atoms with van der Waals surface area (Å²) in [6.45, 7) is 3.49. The lowest BCUT2D eigenvalue weighted by Crippen LogP contribution is -2.41. The molecule has 0 radical (unpaired) electrons. The van der Waals surface area contributed by atoms with Gasteiger partial charge in [-0.15, -0.1) is 24.0 Å². The Balaban J connectivity index is 0.00000264. The van der Waals surface area contributed by atoms with Gasteiger partial charge < -0.3 is 10.6 Å². The number of benzene rings is 1. The molecule has 1 aliphatic heterocycles. The molecule has 2 atom stereocenters. The summed E-state index contributed by atoms with van der Waals surface area (Å²) in [5, 5.41) is 7.22. The van der Waals surface area contributed by atoms with Crippen LogP contribution in [-0.4, -0.2) is 37.1 Å². The Bertz CT molecular complexity index is 522. The molecule has 3 nitrogen and oxygen atoms in total. The van der Waals surface area contributed by atoms with Gasteiger partial charge in [0, 0.05) is 25.4 Å². The first-order chi connectivity index (χ1) is 10.6. The number of guanidine groups is 1. The molecule has 1 aromatic rings. The van der Waals surface area contributed by atoms with E-state index in [4.69, 9.17) is 0 Å². The van der Waals surface area contributed by atoms with Crippen LogP contribution in [0.15, 0.2) is 23.2 Å². The molecule has 0 aliphatic carbocycles. The van der Waals surface area contributed by atoms with Crippen molar-refractivity contribution in [3.05, 3.63) is 35.4 Å². The van der Waals surface area contributed by atoms with Crippen LogP contribution in [0.1, 0.15) is 31.2 Å². The van der Waals surface area contributed by atoms with Gasteiger partial charge in [-0.25, -0.2) is 8.78 Å². The summed E-state index contributed by atoms with van der Waals surface area (Å²) < 4.78 is 26.2. The Kier molecular flexibility index (Phi) is 9.19. The largest absolute Gasteiger partial charge is 0.356 e. The lowest BCUT2D eigenvalue weighted by molar-refractivity contribution is 0.505. The van der Waals surface area contributed by atoms with Crippen LogP contribution in [0.4, 0.5) is 8.78 Å². The van der Waals surface area contributed by atoms with Gasteiger partial charge >= 0.3 is 0 Å². The molecule has 1 heterocycles. The van der Waals surface area contributed by atoms with Crippen molar-refractivity contribution >= 4 is 41.7 Å². The Morgan fingerprint density at radius 3 is 2.74 bits per heavy atom. The molecule has 2 rings (SSSR count). The van der Waals surface area contributed by atoms with E-state index in [0.717, 1.165) is 18.1 Å². The summed E-state index contributed by atoms with van der Waals surface area (Å²) in [6, 6.07) is 4.05. The minimum atomic E-state index is -0.810. The van der Waals surface area contributed by atoms with E-state index >= 15 is 0 Å². The molecule has 1 aromatic carbocycles. The fourth-order valence-corrected chi connectivity index (χ4v) is 3.62. The molecular weight excluding hydrogens is 431 g/mol. The van der Waals surface area contributed by atoms with Gasteiger partial charge in [-0.1, -0.05) is 13.0 Å². The molecule has 2 unspecified atom stereocenters. The third-order valence-electron chi connectivity index (χ3n) is 3.83. The Morgan fingerprint density at radius 2 is 2.13 bits per heavy atom. The van der Waals surface area contributed by atoms with Crippen molar-refractivity contribution in [3.8, 4) is 0 Å². The Morgan fingerprint density at radius 1 is 1.35 bits per heavy atom. The number of thioether (sulfide) groups is 1. The second kappa shape index (κ2) is 10.3. The van der Waals surface area contributed by atoms with E-state index in [2.05, 4.69) is 15.6 Å². The zero-order chi connectivity index (χ0) is 15.9. The zero-order valence-corrected chi connectivity index (χ0v) is 16.6. The highest BCUT2D eigenvalue weighted by molar-refractivity contribution is 14.0. The van der Waals surface area contributed by atoms with Crippen LogP contribution in [0.2, 0.25) is 0 Å². The van der Waals surface area contributed by atoms with E-state index in [0.29, 0.717) is 11.8 Å². The fourth-order valence-electron chi connectivity index (χ4n) is 2.42. The van der Waals surface area contributed by atoms with E-state index in [9.17, 15) is 8.78 Å². The summed E-state index contributed by atoms with van der Waals surface area (Å²) in [7, 11) is 1.74. The molecule has 130 valence electrons. The smallest absolute Gasteiger partial charge is 0.191 e. The van der Waals surface area contributed by atoms with Crippen LogP contribution in [-0.2, 0) is 0 Å². The van der Waals surface area contributed by atoms with Crippen LogP contribution in [0.5, 0.6) is 0 Å². The number of nitrogens with one attached hydrogen (secondary N) is 2. The summed E-state index contributed by atoms with van der Waals surface area (Å²) in [6.07, 6.45) is 2.54. The maximum atomic E-state index is 13.3. The highest BCUT2D eigenvalue weighted by Crippen LogP contribution is 2.25. The first-order valence-electron chi connectivity index (χ1n) is 7.61. The molecule has 2 N–H and O–H groups in total. The van der Waals surface area contributed by atoms with Gasteiger partial charge in [0.25, 0.3) is 0 Å². The molecular formula is C16H24F2IN3S. The van der Waals surface area contributed by atoms with Gasteiger partial charge in [-0.05, 0) is 42.2 Å². The molecule has 0 spiro atoms. The number of rotatable bonds is 5. The first kappa shape index (κ1) is 20.5. The van der Waals surface area contributed by atoms with Crippen LogP contribution in [0.3, 0.4) is 0 Å². The van der Waals surface area contributed by atoms with E-state index in [1.165, 1.54) is 30.7 Å². The Hall–Kier alpha value is -0.570. The number of nitrogens with zero attached hydrogens (tertiary/aromatic N) is 1. The summed E-state index contributed by atoms with van der Waals surface area (Å²) >= 11 is 2.00. The lowest BCUT2D eigenvalue weighted by atomic mass is 10.0. The molecule has 1 fully saturated rings. The number of aliphatic imine (C=N–C) groups is 1. The van der Waals surface area contributed by atoms with Gasteiger partial charge in [0.15, 0.2) is 17.6 Å². The topological polar surface area (TPSA) is 36.4 Å². The SMILES string of the molecule is CN=C(NCC1CCCS1)NCC(C)c1ccc(F)c(F)c1.I. The second-order valence-corrected chi connectivity index (χ2v) is 6.95. The van der Waals surface area contributed by atoms with Gasteiger partial charge in [0.2, 0.25) is 0 Å². The van der Waals surface area contributed by atoms with Crippen LogP contribution in [0, 0.1) is 11.6 Å². The van der Waals surface area contributed by atoms with Crippen molar-refractivity contribution in [2.45, 2.75) is 30.9 Å². The number of hydrogen-bond donors (Lipinski definition) is 2. The zero-order valence-electron chi connectivity index (χ0n) is 13.4. The average Bonchev–Trinajstić information content (AvgIpc) is 3.03. The monoisotopic (exact) mass is 455 g/mol. The summed E-state index contributed by atoms with van der Waals surface area (Å²) in [5.74, 6) is 0.447. The van der Waals surface area contributed by atoms with Crippen molar-refractivity contribution in [3.63, 3.8) is 0 Å². The van der Waals surface area contributed by atoms with Crippen molar-refractivity contribution in [2.24, 2.45) is 4.99 Å². The normalized spacial score (nSPS) is 19.1. The van der Waals surface area contributed by atoms with Crippen molar-refractivity contribution < 1.29 is 8.78 Å². The molecule has 1 aliphatic rings. The van der Waals surface area contributed by atoms with E-state index in [-0.39, 0.29) is 29.9 Å². The fraction of sp³-hybridized carbons (Fsp3) is 0.562. The second-order valence-electron chi connectivity index (χ2n) is 5.54.